The minimum atomic E-state index is -0.464. The van der Waals surface area contributed by atoms with E-state index in [4.69, 9.17) is 11.6 Å². The highest BCUT2D eigenvalue weighted by atomic mass is 35.5. The Morgan fingerprint density at radius 3 is 2.71 bits per heavy atom. The van der Waals surface area contributed by atoms with Gasteiger partial charge in [0.2, 0.25) is 11.8 Å². The molecule has 90 valence electrons. The number of alkyl halides is 1. The van der Waals surface area contributed by atoms with E-state index in [0.29, 0.717) is 11.3 Å². The standard InChI is InChI=1S/C12H11ClFNO2/c1-7-4-9(14)2-3-10(7)15-11(16)5-8(6-13)12(15)17/h2-4,8H,5-6H2,1H3. The first-order valence-corrected chi connectivity index (χ1v) is 5.77. The van der Waals surface area contributed by atoms with Crippen LogP contribution in [0.4, 0.5) is 10.1 Å². The second-order valence-corrected chi connectivity index (χ2v) is 4.36. The van der Waals surface area contributed by atoms with Gasteiger partial charge in [0.1, 0.15) is 5.82 Å². The second kappa shape index (κ2) is 4.45. The average Bonchev–Trinajstić information content (AvgIpc) is 2.55. The van der Waals surface area contributed by atoms with E-state index in [-0.39, 0.29) is 29.9 Å². The number of hydrogen-bond donors (Lipinski definition) is 0. The fraction of sp³-hybridized carbons (Fsp3) is 0.333. The monoisotopic (exact) mass is 255 g/mol. The Bertz CT molecular complexity index is 489. The van der Waals surface area contributed by atoms with Crippen molar-refractivity contribution < 1.29 is 14.0 Å². The largest absolute Gasteiger partial charge is 0.274 e. The van der Waals surface area contributed by atoms with Crippen LogP contribution in [0.5, 0.6) is 0 Å². The Hall–Kier alpha value is -1.42. The second-order valence-electron chi connectivity index (χ2n) is 4.05. The molecule has 5 heteroatoms. The summed E-state index contributed by atoms with van der Waals surface area (Å²) in [6, 6.07) is 3.97. The van der Waals surface area contributed by atoms with Crippen molar-refractivity contribution in [2.24, 2.45) is 5.92 Å². The van der Waals surface area contributed by atoms with Crippen LogP contribution in [0.2, 0.25) is 0 Å². The first-order valence-electron chi connectivity index (χ1n) is 5.23. The van der Waals surface area contributed by atoms with Crippen molar-refractivity contribution in [1.29, 1.82) is 0 Å². The van der Waals surface area contributed by atoms with Crippen molar-refractivity contribution in [3.8, 4) is 0 Å². The van der Waals surface area contributed by atoms with Crippen LogP contribution in [0.1, 0.15) is 12.0 Å². The van der Waals surface area contributed by atoms with Crippen molar-refractivity contribution in [1.82, 2.24) is 0 Å². The van der Waals surface area contributed by atoms with E-state index in [1.54, 1.807) is 6.92 Å². The Labute approximate surface area is 103 Å². The summed E-state index contributed by atoms with van der Waals surface area (Å²) in [5.41, 5.74) is 0.996. The van der Waals surface area contributed by atoms with Gasteiger partial charge in [-0.2, -0.15) is 0 Å². The lowest BCUT2D eigenvalue weighted by atomic mass is 10.1. The number of nitrogens with zero attached hydrogens (tertiary/aromatic N) is 1. The summed E-state index contributed by atoms with van der Waals surface area (Å²) >= 11 is 5.63. The topological polar surface area (TPSA) is 37.4 Å². The van der Waals surface area contributed by atoms with Gasteiger partial charge in [-0.3, -0.25) is 9.59 Å². The van der Waals surface area contributed by atoms with Crippen molar-refractivity contribution >= 4 is 29.1 Å². The van der Waals surface area contributed by atoms with E-state index in [2.05, 4.69) is 0 Å². The van der Waals surface area contributed by atoms with Crippen LogP contribution in [0.25, 0.3) is 0 Å². The molecule has 1 heterocycles. The summed E-state index contributed by atoms with van der Waals surface area (Å²) in [4.78, 5) is 24.8. The number of rotatable bonds is 2. The van der Waals surface area contributed by atoms with Crippen molar-refractivity contribution in [3.05, 3.63) is 29.6 Å². The van der Waals surface area contributed by atoms with E-state index < -0.39 is 5.92 Å². The number of imide groups is 1. The van der Waals surface area contributed by atoms with Crippen LogP contribution in [-0.2, 0) is 9.59 Å². The summed E-state index contributed by atoms with van der Waals surface area (Å²) in [5, 5.41) is 0. The van der Waals surface area contributed by atoms with E-state index in [1.807, 2.05) is 0 Å². The maximum absolute atomic E-state index is 13.0. The number of anilines is 1. The molecule has 1 saturated heterocycles. The van der Waals surface area contributed by atoms with Gasteiger partial charge in [0, 0.05) is 12.3 Å². The quantitative estimate of drug-likeness (QED) is 0.600. The molecule has 2 rings (SSSR count). The summed E-state index contributed by atoms with van der Waals surface area (Å²) < 4.78 is 13.0. The summed E-state index contributed by atoms with van der Waals surface area (Å²) in [6.45, 7) is 1.66. The molecule has 0 N–H and O–H groups in total. The molecule has 1 fully saturated rings. The van der Waals surface area contributed by atoms with Crippen LogP contribution in [0.3, 0.4) is 0 Å². The molecule has 0 radical (unpaired) electrons. The fourth-order valence-electron chi connectivity index (χ4n) is 1.94. The molecule has 17 heavy (non-hydrogen) atoms. The average molecular weight is 256 g/mol. The Morgan fingerprint density at radius 2 is 2.18 bits per heavy atom. The van der Waals surface area contributed by atoms with Crippen LogP contribution in [0.15, 0.2) is 18.2 Å². The highest BCUT2D eigenvalue weighted by Gasteiger charge is 2.39. The maximum atomic E-state index is 13.0. The van der Waals surface area contributed by atoms with Gasteiger partial charge in [-0.15, -0.1) is 11.6 Å². The van der Waals surface area contributed by atoms with Gasteiger partial charge in [-0.05, 0) is 30.7 Å². The first-order chi connectivity index (χ1) is 8.04. The predicted octanol–water partition coefficient (Wildman–Crippen LogP) is 2.25. The van der Waals surface area contributed by atoms with Crippen molar-refractivity contribution in [2.45, 2.75) is 13.3 Å². The zero-order valence-corrected chi connectivity index (χ0v) is 10.00. The summed E-state index contributed by atoms with van der Waals surface area (Å²) in [6.07, 6.45) is 0.124. The lowest BCUT2D eigenvalue weighted by molar-refractivity contribution is -0.122. The van der Waals surface area contributed by atoms with Gasteiger partial charge in [0.15, 0.2) is 0 Å². The number of halogens is 2. The Kier molecular flexibility index (Phi) is 3.15. The molecule has 0 aromatic heterocycles. The highest BCUT2D eigenvalue weighted by Crippen LogP contribution is 2.29. The maximum Gasteiger partial charge on any atom is 0.238 e. The van der Waals surface area contributed by atoms with Gasteiger partial charge in [-0.25, -0.2) is 9.29 Å². The molecule has 1 atom stereocenters. The number of amides is 2. The number of carbonyl (C=O) groups is 2. The SMILES string of the molecule is Cc1cc(F)ccc1N1C(=O)CC(CCl)C1=O. The molecule has 0 bridgehead atoms. The molecule has 0 spiro atoms. The van der Waals surface area contributed by atoms with Gasteiger partial charge >= 0.3 is 0 Å². The van der Waals surface area contributed by atoms with E-state index in [0.717, 1.165) is 4.90 Å². The number of benzene rings is 1. The smallest absolute Gasteiger partial charge is 0.238 e. The third-order valence-corrected chi connectivity index (χ3v) is 3.20. The number of hydrogen-bond acceptors (Lipinski definition) is 2. The van der Waals surface area contributed by atoms with Gasteiger partial charge < -0.3 is 0 Å². The first kappa shape index (κ1) is 12.0. The minimum absolute atomic E-state index is 0.124. The third kappa shape index (κ3) is 2.05. The molecule has 0 aliphatic carbocycles. The molecule has 1 aliphatic rings. The zero-order chi connectivity index (χ0) is 12.6. The Morgan fingerprint density at radius 1 is 1.47 bits per heavy atom. The molecule has 1 unspecified atom stereocenters. The molecular weight excluding hydrogens is 245 g/mol. The molecule has 2 amide bonds. The molecule has 1 aromatic carbocycles. The minimum Gasteiger partial charge on any atom is -0.274 e. The molecule has 1 aliphatic heterocycles. The van der Waals surface area contributed by atoms with Gasteiger partial charge in [-0.1, -0.05) is 0 Å². The van der Waals surface area contributed by atoms with Crippen molar-refractivity contribution in [3.63, 3.8) is 0 Å². The summed E-state index contributed by atoms with van der Waals surface area (Å²) in [7, 11) is 0. The number of aryl methyl sites for hydroxylation is 1. The van der Waals surface area contributed by atoms with Crippen LogP contribution in [-0.4, -0.2) is 17.7 Å². The molecule has 3 nitrogen and oxygen atoms in total. The predicted molar refractivity (Wildman–Crippen MR) is 62.5 cm³/mol. The molecule has 1 aromatic rings. The van der Waals surface area contributed by atoms with E-state index >= 15 is 0 Å². The Balaban J connectivity index is 2.40. The van der Waals surface area contributed by atoms with Gasteiger partial charge in [0.05, 0.1) is 11.6 Å². The summed E-state index contributed by atoms with van der Waals surface area (Å²) in [5.74, 6) is -1.32. The van der Waals surface area contributed by atoms with E-state index in [9.17, 15) is 14.0 Å². The van der Waals surface area contributed by atoms with Gasteiger partial charge in [0.25, 0.3) is 0 Å². The van der Waals surface area contributed by atoms with Crippen LogP contribution in [0, 0.1) is 18.7 Å². The molecule has 0 saturated carbocycles. The van der Waals surface area contributed by atoms with Crippen LogP contribution >= 0.6 is 11.6 Å². The van der Waals surface area contributed by atoms with Crippen molar-refractivity contribution in [2.75, 3.05) is 10.8 Å². The highest BCUT2D eigenvalue weighted by molar-refractivity contribution is 6.26. The molecular formula is C12H11ClFNO2. The van der Waals surface area contributed by atoms with Crippen LogP contribution < -0.4 is 4.90 Å². The number of carbonyl (C=O) groups excluding carboxylic acids is 2. The zero-order valence-electron chi connectivity index (χ0n) is 9.24. The fourth-order valence-corrected chi connectivity index (χ4v) is 2.18. The normalized spacial score (nSPS) is 20.2. The third-order valence-electron chi connectivity index (χ3n) is 2.83. The lowest BCUT2D eigenvalue weighted by Gasteiger charge is -2.17. The lowest BCUT2D eigenvalue weighted by Crippen LogP contribution is -2.31. The van der Waals surface area contributed by atoms with E-state index in [1.165, 1.54) is 18.2 Å².